The van der Waals surface area contributed by atoms with Crippen LogP contribution in [0.4, 0.5) is 5.69 Å². The normalized spacial score (nSPS) is 12.4. The van der Waals surface area contributed by atoms with Gasteiger partial charge in [0.1, 0.15) is 17.1 Å². The van der Waals surface area contributed by atoms with Gasteiger partial charge in [-0.05, 0) is 142 Å². The third-order valence-electron chi connectivity index (χ3n) is 13.4. The highest BCUT2D eigenvalue weighted by Gasteiger charge is 2.25. The van der Waals surface area contributed by atoms with E-state index in [0.29, 0.717) is 125 Å². The van der Waals surface area contributed by atoms with Gasteiger partial charge < -0.3 is 48.2 Å². The highest BCUT2D eigenvalue weighted by Crippen LogP contribution is 2.43. The van der Waals surface area contributed by atoms with Gasteiger partial charge in [-0.1, -0.05) is 17.7 Å². The fraction of sp³-hybridized carbons (Fsp3) is 0.390. The first-order valence-corrected chi connectivity index (χ1v) is 29.9. The minimum absolute atomic E-state index is 0.0472. The van der Waals surface area contributed by atoms with Gasteiger partial charge in [-0.3, -0.25) is 28.2 Å². The molecule has 4 aromatic carbocycles. The van der Waals surface area contributed by atoms with Crippen LogP contribution in [0.5, 0.6) is 5.75 Å². The predicted molar refractivity (Wildman–Crippen MR) is 312 cm³/mol. The van der Waals surface area contributed by atoms with Crippen molar-refractivity contribution in [3.05, 3.63) is 124 Å². The number of nitrogens with zero attached hydrogens (tertiary/aromatic N) is 3. The molecule has 22 heteroatoms. The van der Waals surface area contributed by atoms with Gasteiger partial charge in [0.15, 0.2) is 0 Å². The first kappa shape index (κ1) is 62.1. The van der Waals surface area contributed by atoms with Crippen molar-refractivity contribution in [2.75, 3.05) is 104 Å². The molecule has 0 bridgehead atoms. The molecule has 5 aromatic rings. The van der Waals surface area contributed by atoms with Crippen molar-refractivity contribution in [2.45, 2.75) is 63.2 Å². The average molecular weight is 1170 g/mol. The molecule has 0 radical (unpaired) electrons. The highest BCUT2D eigenvalue weighted by molar-refractivity contribution is 7.89. The number of methoxy groups -OCH3 is 1. The standard InChI is InChI=1S/C59H71ClN6O13S2/c1-6-61-43-15-19-47-53(35-43)79-54-36-44(65(7-2)8-3)16-20-48(54)58(47)49-21-18-46(38-55(49)80(70)71)81(72,73)64-26-28-76-30-32-78-34-33-77-31-29-75-27-23-56(67)62-24-9-10-25-63-57(68)39-50-40(4)66(52-22-17-45(74-5)37-51(50)52)59(69)41-11-13-42(60)14-12-41/h11-22,35-38,64H,6-10,23-34,39H2,1-5H3,(H,62,67)(H,63,68)(H,70,71)/p-1. The Kier molecular flexibility index (Phi) is 23.4. The molecule has 1 unspecified atom stereocenters. The summed E-state index contributed by atoms with van der Waals surface area (Å²) in [6.07, 6.45) is 1.58. The summed E-state index contributed by atoms with van der Waals surface area (Å²) in [5.41, 5.74) is 5.60. The van der Waals surface area contributed by atoms with Crippen molar-refractivity contribution < 1.29 is 59.7 Å². The molecule has 0 spiro atoms. The van der Waals surface area contributed by atoms with E-state index in [0.717, 1.165) is 35.8 Å². The van der Waals surface area contributed by atoms with Crippen LogP contribution in [0.1, 0.15) is 61.6 Å². The van der Waals surface area contributed by atoms with Crippen molar-refractivity contribution in [1.82, 2.24) is 19.9 Å². The molecular formula is C59H70ClN6O13S2-. The van der Waals surface area contributed by atoms with E-state index in [1.165, 1.54) is 12.1 Å². The second-order valence-corrected chi connectivity index (χ2v) is 21.8. The Morgan fingerprint density at radius 2 is 1.40 bits per heavy atom. The molecule has 2 heterocycles. The molecule has 1 aromatic heterocycles. The molecule has 0 saturated carbocycles. The van der Waals surface area contributed by atoms with E-state index >= 15 is 0 Å². The lowest BCUT2D eigenvalue weighted by atomic mass is 9.93. The summed E-state index contributed by atoms with van der Waals surface area (Å²) in [5.74, 6) is 0.563. The Hall–Kier alpha value is -6.53. The predicted octanol–water partition coefficient (Wildman–Crippen LogP) is 7.81. The summed E-state index contributed by atoms with van der Waals surface area (Å²) in [4.78, 5) is 45.3. The van der Waals surface area contributed by atoms with Gasteiger partial charge in [-0.2, -0.15) is 0 Å². The van der Waals surface area contributed by atoms with E-state index in [-0.39, 0.29) is 73.3 Å². The SMILES string of the molecule is CCN=c1ccc2c(-c3ccc(S(=O)(=O)NCCOCCOCCOCCOCCC(=O)NCCCCNC(=O)Cc4c(C)n(C(=O)c5ccc(Cl)cc5)c5ccc(OC)cc45)cc3S(=O)[O-])c3ccc(N(CC)CC)cc3oc-2c1. The Labute approximate surface area is 480 Å². The lowest BCUT2D eigenvalue weighted by Gasteiger charge is -2.23. The summed E-state index contributed by atoms with van der Waals surface area (Å²) >= 11 is 3.24. The number of sulfonamides is 1. The van der Waals surface area contributed by atoms with Crippen molar-refractivity contribution >= 4 is 78.0 Å². The quantitative estimate of drug-likeness (QED) is 0.0207. The van der Waals surface area contributed by atoms with Crippen LogP contribution in [0.25, 0.3) is 44.3 Å². The van der Waals surface area contributed by atoms with Gasteiger partial charge in [-0.15, -0.1) is 0 Å². The Morgan fingerprint density at radius 3 is 2.05 bits per heavy atom. The fourth-order valence-corrected chi connectivity index (χ4v) is 11.1. The molecule has 1 aliphatic heterocycles. The van der Waals surface area contributed by atoms with Crippen LogP contribution in [-0.4, -0.2) is 139 Å². The summed E-state index contributed by atoms with van der Waals surface area (Å²) < 4.78 is 90.6. The topological polar surface area (TPSA) is 241 Å². The smallest absolute Gasteiger partial charge is 0.262 e. The van der Waals surface area contributed by atoms with E-state index in [4.69, 9.17) is 39.7 Å². The number of carbonyl (C=O) groups is 3. The zero-order valence-corrected chi connectivity index (χ0v) is 48.7. The van der Waals surface area contributed by atoms with Crippen molar-refractivity contribution in [2.24, 2.45) is 4.99 Å². The lowest BCUT2D eigenvalue weighted by Crippen LogP contribution is -2.28. The van der Waals surface area contributed by atoms with Gasteiger partial charge in [0.2, 0.25) is 21.8 Å². The number of ether oxygens (including phenoxy) is 5. The van der Waals surface area contributed by atoms with Crippen molar-refractivity contribution in [3.63, 3.8) is 0 Å². The minimum atomic E-state index is -4.12. The number of benzene rings is 5. The van der Waals surface area contributed by atoms with Crippen LogP contribution in [-0.2, 0) is 56.1 Å². The van der Waals surface area contributed by atoms with Crippen LogP contribution in [0, 0.1) is 6.92 Å². The van der Waals surface area contributed by atoms with Gasteiger partial charge in [0.05, 0.1) is 82.2 Å². The third-order valence-corrected chi connectivity index (χ3v) is 15.8. The second-order valence-electron chi connectivity index (χ2n) is 18.7. The molecule has 2 aliphatic rings. The molecule has 0 saturated heterocycles. The maximum absolute atomic E-state index is 13.6. The van der Waals surface area contributed by atoms with Crippen molar-refractivity contribution in [1.29, 1.82) is 0 Å². The number of unbranched alkanes of at least 4 members (excludes halogenated alkanes) is 1. The highest BCUT2D eigenvalue weighted by atomic mass is 35.5. The van der Waals surface area contributed by atoms with E-state index in [2.05, 4.69) is 39.1 Å². The Morgan fingerprint density at radius 1 is 0.741 bits per heavy atom. The molecule has 0 fully saturated rings. The van der Waals surface area contributed by atoms with Crippen LogP contribution >= 0.6 is 11.6 Å². The lowest BCUT2D eigenvalue weighted by molar-refractivity contribution is -0.122. The number of nitrogens with one attached hydrogen (secondary N) is 3. The fourth-order valence-electron chi connectivity index (χ4n) is 9.31. The average Bonchev–Trinajstić information content (AvgIpc) is 3.74. The minimum Gasteiger partial charge on any atom is -0.768 e. The number of halogens is 1. The number of anilines is 1. The van der Waals surface area contributed by atoms with Gasteiger partial charge in [0.25, 0.3) is 5.91 Å². The number of amides is 2. The van der Waals surface area contributed by atoms with Crippen LogP contribution in [0.2, 0.25) is 5.02 Å². The van der Waals surface area contributed by atoms with Gasteiger partial charge in [0, 0.05) is 107 Å². The van der Waals surface area contributed by atoms with E-state index in [1.807, 2.05) is 62.4 Å². The zero-order valence-electron chi connectivity index (χ0n) is 46.3. The summed E-state index contributed by atoms with van der Waals surface area (Å²) in [6.45, 7) is 12.8. The largest absolute Gasteiger partial charge is 0.768 e. The number of hydrogen-bond donors (Lipinski definition) is 3. The van der Waals surface area contributed by atoms with Gasteiger partial charge >= 0.3 is 0 Å². The molecule has 2 amide bonds. The summed E-state index contributed by atoms with van der Waals surface area (Å²) in [6, 6.07) is 27.5. The molecule has 81 heavy (non-hydrogen) atoms. The van der Waals surface area contributed by atoms with Crippen LogP contribution in [0.3, 0.4) is 0 Å². The van der Waals surface area contributed by atoms with Gasteiger partial charge in [-0.25, -0.2) is 13.1 Å². The number of fused-ring (bicyclic) bond motifs is 3. The van der Waals surface area contributed by atoms with Crippen LogP contribution in [0.15, 0.2) is 116 Å². The molecule has 7 rings (SSSR count). The van der Waals surface area contributed by atoms with Crippen molar-refractivity contribution in [3.8, 4) is 28.2 Å². The van der Waals surface area contributed by atoms with E-state index in [9.17, 15) is 31.6 Å². The van der Waals surface area contributed by atoms with Crippen LogP contribution < -0.4 is 30.3 Å². The molecule has 1 atom stereocenters. The van der Waals surface area contributed by atoms with E-state index < -0.39 is 21.1 Å². The monoisotopic (exact) mass is 1170 g/mol. The molecule has 1 aliphatic carbocycles. The molecule has 19 nitrogen and oxygen atoms in total. The number of hydrogen-bond acceptors (Lipinski definition) is 15. The maximum Gasteiger partial charge on any atom is 0.262 e. The first-order valence-electron chi connectivity index (χ1n) is 27.0. The third kappa shape index (κ3) is 16.6. The molecule has 434 valence electrons. The number of carbonyl (C=O) groups excluding carboxylic acids is 3. The summed E-state index contributed by atoms with van der Waals surface area (Å²) in [5, 5.41) is 8.49. The number of aromatic nitrogens is 1. The molecule has 3 N–H and O–H groups in total. The maximum atomic E-state index is 13.6. The second kappa shape index (κ2) is 30.5. The summed E-state index contributed by atoms with van der Waals surface area (Å²) in [7, 11) is -2.56. The Bertz CT molecular complexity index is 3460. The number of rotatable bonds is 32. The van der Waals surface area contributed by atoms with E-state index in [1.54, 1.807) is 42.0 Å². The first-order chi connectivity index (χ1) is 39.2. The Balaban J connectivity index is 0.737. The molecular weight excluding hydrogens is 1100 g/mol. The zero-order chi connectivity index (χ0) is 57.9.